The number of nitrogens with two attached hydrogens (primary N) is 1. The summed E-state index contributed by atoms with van der Waals surface area (Å²) in [6, 6.07) is 12.4. The molecule has 0 spiro atoms. The predicted molar refractivity (Wildman–Crippen MR) is 63.1 cm³/mol. The van der Waals surface area contributed by atoms with E-state index >= 15 is 0 Å². The molecular weight excluding hydrogens is 186 g/mol. The second-order valence-corrected chi connectivity index (χ2v) is 3.76. The molecular formula is C13H15NO. The van der Waals surface area contributed by atoms with Crippen LogP contribution in [-0.4, -0.2) is 7.11 Å². The van der Waals surface area contributed by atoms with Crippen molar-refractivity contribution in [3.05, 3.63) is 42.0 Å². The van der Waals surface area contributed by atoms with Gasteiger partial charge in [0.25, 0.3) is 0 Å². The van der Waals surface area contributed by atoms with Crippen molar-refractivity contribution in [2.75, 3.05) is 7.11 Å². The Hall–Kier alpha value is -1.54. The number of fused-ring (bicyclic) bond motifs is 1. The van der Waals surface area contributed by atoms with E-state index in [1.54, 1.807) is 7.11 Å². The maximum Gasteiger partial charge on any atom is 0.119 e. The fourth-order valence-corrected chi connectivity index (χ4v) is 1.65. The Morgan fingerprint density at radius 3 is 2.40 bits per heavy atom. The Kier molecular flexibility index (Phi) is 2.60. The molecule has 15 heavy (non-hydrogen) atoms. The monoisotopic (exact) mass is 201 g/mol. The van der Waals surface area contributed by atoms with Crippen LogP contribution in [-0.2, 0) is 0 Å². The molecule has 1 unspecified atom stereocenters. The van der Waals surface area contributed by atoms with Crippen LogP contribution >= 0.6 is 0 Å². The Morgan fingerprint density at radius 1 is 1.07 bits per heavy atom. The van der Waals surface area contributed by atoms with Crippen LogP contribution in [0.1, 0.15) is 18.5 Å². The fraction of sp³-hybridized carbons (Fsp3) is 0.231. The first-order chi connectivity index (χ1) is 7.20. The van der Waals surface area contributed by atoms with E-state index in [2.05, 4.69) is 24.3 Å². The van der Waals surface area contributed by atoms with E-state index in [9.17, 15) is 0 Å². The molecule has 2 N–H and O–H groups in total. The van der Waals surface area contributed by atoms with Crippen molar-refractivity contribution in [3.63, 3.8) is 0 Å². The molecule has 0 saturated carbocycles. The third-order valence-electron chi connectivity index (χ3n) is 2.60. The SMILES string of the molecule is COc1ccc2cc(C(C)N)ccc2c1. The lowest BCUT2D eigenvalue weighted by Gasteiger charge is -2.08. The third-order valence-corrected chi connectivity index (χ3v) is 2.60. The molecule has 0 heterocycles. The molecule has 0 aliphatic rings. The van der Waals surface area contributed by atoms with Crippen molar-refractivity contribution in [1.82, 2.24) is 0 Å². The van der Waals surface area contributed by atoms with Crippen LogP contribution in [0, 0.1) is 0 Å². The minimum atomic E-state index is 0.0801. The second kappa shape index (κ2) is 3.91. The van der Waals surface area contributed by atoms with Crippen LogP contribution < -0.4 is 10.5 Å². The molecule has 0 fully saturated rings. The molecule has 1 atom stereocenters. The van der Waals surface area contributed by atoms with Gasteiger partial charge in [-0.1, -0.05) is 18.2 Å². The summed E-state index contributed by atoms with van der Waals surface area (Å²) in [6.45, 7) is 1.99. The van der Waals surface area contributed by atoms with Crippen LogP contribution in [0.2, 0.25) is 0 Å². The first kappa shape index (κ1) is 9.99. The third kappa shape index (κ3) is 1.95. The van der Waals surface area contributed by atoms with Crippen LogP contribution in [0.25, 0.3) is 10.8 Å². The summed E-state index contributed by atoms with van der Waals surface area (Å²) < 4.78 is 5.18. The van der Waals surface area contributed by atoms with Gasteiger partial charge in [0.15, 0.2) is 0 Å². The minimum Gasteiger partial charge on any atom is -0.497 e. The van der Waals surface area contributed by atoms with Gasteiger partial charge >= 0.3 is 0 Å². The van der Waals surface area contributed by atoms with Gasteiger partial charge in [-0.3, -0.25) is 0 Å². The van der Waals surface area contributed by atoms with Crippen molar-refractivity contribution in [1.29, 1.82) is 0 Å². The maximum absolute atomic E-state index is 5.84. The maximum atomic E-state index is 5.84. The van der Waals surface area contributed by atoms with Crippen molar-refractivity contribution in [3.8, 4) is 5.75 Å². The molecule has 0 aliphatic heterocycles. The zero-order chi connectivity index (χ0) is 10.8. The van der Waals surface area contributed by atoms with E-state index in [0.29, 0.717) is 0 Å². The van der Waals surface area contributed by atoms with Crippen molar-refractivity contribution in [2.45, 2.75) is 13.0 Å². The first-order valence-electron chi connectivity index (χ1n) is 5.04. The smallest absolute Gasteiger partial charge is 0.119 e. The van der Waals surface area contributed by atoms with Gasteiger partial charge < -0.3 is 10.5 Å². The van der Waals surface area contributed by atoms with E-state index in [4.69, 9.17) is 10.5 Å². The highest BCUT2D eigenvalue weighted by atomic mass is 16.5. The van der Waals surface area contributed by atoms with E-state index in [0.717, 1.165) is 11.3 Å². The second-order valence-electron chi connectivity index (χ2n) is 3.76. The van der Waals surface area contributed by atoms with E-state index in [-0.39, 0.29) is 6.04 Å². The summed E-state index contributed by atoms with van der Waals surface area (Å²) in [6.07, 6.45) is 0. The highest BCUT2D eigenvalue weighted by Crippen LogP contribution is 2.23. The van der Waals surface area contributed by atoms with Crippen molar-refractivity contribution >= 4 is 10.8 Å². The predicted octanol–water partition coefficient (Wildman–Crippen LogP) is 2.87. The van der Waals surface area contributed by atoms with Crippen LogP contribution in [0.5, 0.6) is 5.75 Å². The Bertz CT molecular complexity index is 477. The van der Waals surface area contributed by atoms with Gasteiger partial charge in [0.05, 0.1) is 7.11 Å². The first-order valence-corrected chi connectivity index (χ1v) is 5.04. The summed E-state index contributed by atoms with van der Waals surface area (Å²) in [5, 5.41) is 2.38. The molecule has 2 aromatic rings. The topological polar surface area (TPSA) is 35.2 Å². The molecule has 0 saturated heterocycles. The lowest BCUT2D eigenvalue weighted by Crippen LogP contribution is -2.04. The van der Waals surface area contributed by atoms with Crippen LogP contribution in [0.4, 0.5) is 0 Å². The van der Waals surface area contributed by atoms with Gasteiger partial charge in [0.2, 0.25) is 0 Å². The Labute approximate surface area is 89.7 Å². The minimum absolute atomic E-state index is 0.0801. The zero-order valence-electron chi connectivity index (χ0n) is 9.03. The summed E-state index contributed by atoms with van der Waals surface area (Å²) in [7, 11) is 1.68. The number of methoxy groups -OCH3 is 1. The number of benzene rings is 2. The molecule has 0 radical (unpaired) electrons. The van der Waals surface area contributed by atoms with Gasteiger partial charge in [-0.2, -0.15) is 0 Å². The van der Waals surface area contributed by atoms with E-state index < -0.39 is 0 Å². The average Bonchev–Trinajstić information content (AvgIpc) is 2.27. The summed E-state index contributed by atoms with van der Waals surface area (Å²) in [5.41, 5.74) is 7.00. The number of ether oxygens (including phenoxy) is 1. The summed E-state index contributed by atoms with van der Waals surface area (Å²) in [4.78, 5) is 0. The van der Waals surface area contributed by atoms with Crippen molar-refractivity contribution < 1.29 is 4.74 Å². The molecule has 2 aromatic carbocycles. The number of hydrogen-bond donors (Lipinski definition) is 1. The molecule has 0 aromatic heterocycles. The molecule has 78 valence electrons. The van der Waals surface area contributed by atoms with Gasteiger partial charge in [-0.05, 0) is 41.5 Å². The van der Waals surface area contributed by atoms with Gasteiger partial charge in [0, 0.05) is 6.04 Å². The van der Waals surface area contributed by atoms with E-state index in [1.807, 2.05) is 19.1 Å². The standard InChI is InChI=1S/C13H15NO/c1-9(14)10-3-4-12-8-13(15-2)6-5-11(12)7-10/h3-9H,14H2,1-2H3. The van der Waals surface area contributed by atoms with Crippen LogP contribution in [0.15, 0.2) is 36.4 Å². The molecule has 2 heteroatoms. The Balaban J connectivity index is 2.55. The van der Waals surface area contributed by atoms with Crippen LogP contribution in [0.3, 0.4) is 0 Å². The van der Waals surface area contributed by atoms with E-state index in [1.165, 1.54) is 10.8 Å². The number of rotatable bonds is 2. The summed E-state index contributed by atoms with van der Waals surface area (Å²) in [5.74, 6) is 0.885. The van der Waals surface area contributed by atoms with Gasteiger partial charge in [-0.15, -0.1) is 0 Å². The molecule has 0 bridgehead atoms. The fourth-order valence-electron chi connectivity index (χ4n) is 1.65. The molecule has 2 nitrogen and oxygen atoms in total. The lowest BCUT2D eigenvalue weighted by atomic mass is 10.0. The number of hydrogen-bond acceptors (Lipinski definition) is 2. The van der Waals surface area contributed by atoms with Crippen molar-refractivity contribution in [2.24, 2.45) is 5.73 Å². The molecule has 0 aliphatic carbocycles. The summed E-state index contributed by atoms with van der Waals surface area (Å²) >= 11 is 0. The van der Waals surface area contributed by atoms with Gasteiger partial charge in [0.1, 0.15) is 5.75 Å². The highest BCUT2D eigenvalue weighted by Gasteiger charge is 2.01. The highest BCUT2D eigenvalue weighted by molar-refractivity contribution is 5.84. The van der Waals surface area contributed by atoms with Gasteiger partial charge in [-0.25, -0.2) is 0 Å². The quantitative estimate of drug-likeness (QED) is 0.810. The Morgan fingerprint density at radius 2 is 1.73 bits per heavy atom. The largest absolute Gasteiger partial charge is 0.497 e. The zero-order valence-corrected chi connectivity index (χ0v) is 9.03. The average molecular weight is 201 g/mol. The lowest BCUT2D eigenvalue weighted by molar-refractivity contribution is 0.415. The normalized spacial score (nSPS) is 12.7. The molecule has 0 amide bonds. The molecule has 2 rings (SSSR count).